The number of H-pyrrole nitrogens is 1. The Bertz CT molecular complexity index is 540. The number of rotatable bonds is 4. The summed E-state index contributed by atoms with van der Waals surface area (Å²) < 4.78 is 5.77. The Morgan fingerprint density at radius 1 is 1.17 bits per heavy atom. The summed E-state index contributed by atoms with van der Waals surface area (Å²) in [5.74, 6) is 0. The molecule has 1 heterocycles. The highest BCUT2D eigenvalue weighted by molar-refractivity contribution is 6.51. The van der Waals surface area contributed by atoms with Gasteiger partial charge in [0, 0.05) is 11.7 Å². The van der Waals surface area contributed by atoms with E-state index in [1.54, 1.807) is 21.3 Å². The summed E-state index contributed by atoms with van der Waals surface area (Å²) in [5, 5.41) is 11.2. The molecule has 0 aliphatic rings. The van der Waals surface area contributed by atoms with Gasteiger partial charge in [0.25, 0.3) is 0 Å². The van der Waals surface area contributed by atoms with Crippen LogP contribution in [-0.4, -0.2) is 28.8 Å². The average Bonchev–Trinajstić information content (AvgIpc) is 2.73. The van der Waals surface area contributed by atoms with Gasteiger partial charge < -0.3 is 14.7 Å². The van der Waals surface area contributed by atoms with Crippen LogP contribution in [0, 0.1) is 0 Å². The molecule has 2 rings (SSSR count). The first-order chi connectivity index (χ1) is 8.31. The summed E-state index contributed by atoms with van der Waals surface area (Å²) in [7, 11) is 1.72. The molecule has 1 aromatic heterocycles. The molecule has 0 saturated heterocycles. The second-order valence-corrected chi connectivity index (χ2v) is 5.59. The van der Waals surface area contributed by atoms with Crippen molar-refractivity contribution in [1.82, 2.24) is 4.98 Å². The second kappa shape index (κ2) is 4.45. The number of hydrogen-bond acceptors (Lipinski definition) is 2. The van der Waals surface area contributed by atoms with Gasteiger partial charge in [0.1, 0.15) is 0 Å². The lowest BCUT2D eigenvalue weighted by Gasteiger charge is -2.37. The van der Waals surface area contributed by atoms with Crippen molar-refractivity contribution in [2.24, 2.45) is 0 Å². The van der Waals surface area contributed by atoms with Crippen LogP contribution in [0.1, 0.15) is 27.7 Å². The van der Waals surface area contributed by atoms with Crippen LogP contribution in [0.4, 0.5) is 0 Å². The van der Waals surface area contributed by atoms with Crippen LogP contribution in [0.5, 0.6) is 0 Å². The summed E-state index contributed by atoms with van der Waals surface area (Å²) in [5.41, 5.74) is 0.528. The van der Waals surface area contributed by atoms with Gasteiger partial charge >= 0.3 is 7.48 Å². The Labute approximate surface area is 108 Å². The van der Waals surface area contributed by atoms with E-state index in [1.165, 1.54) is 0 Å². The Kier molecular flexibility index (Phi) is 3.26. The number of fused-ring (bicyclic) bond motifs is 1. The molecule has 18 heavy (non-hydrogen) atoms. The highest BCUT2D eigenvalue weighted by Gasteiger charge is 2.35. The van der Waals surface area contributed by atoms with Gasteiger partial charge in [0.05, 0.1) is 11.2 Å². The summed E-state index contributed by atoms with van der Waals surface area (Å²) >= 11 is 0. The van der Waals surface area contributed by atoms with Crippen LogP contribution in [0.3, 0.4) is 0 Å². The van der Waals surface area contributed by atoms with Crippen LogP contribution in [0.2, 0.25) is 0 Å². The molecule has 0 saturated carbocycles. The highest BCUT2D eigenvalue weighted by atomic mass is 16.5. The van der Waals surface area contributed by atoms with Gasteiger partial charge in [-0.3, -0.25) is 0 Å². The monoisotopic (exact) mass is 244 g/mol. The number of benzene rings is 1. The molecule has 0 aliphatic heterocycles. The van der Waals surface area contributed by atoms with Crippen molar-refractivity contribution < 1.29 is 9.76 Å². The fourth-order valence-corrected chi connectivity index (χ4v) is 1.57. The standard InChI is InChI=1S/C14H19BNO2/c1-13(2,17)14(3,4)18-15-11-6-5-7-12-10(11)8-9-16-12/h5-9,16-17H,1-4H3. The van der Waals surface area contributed by atoms with Crippen LogP contribution in [-0.2, 0) is 4.65 Å². The number of aromatic nitrogens is 1. The van der Waals surface area contributed by atoms with E-state index in [2.05, 4.69) is 4.98 Å². The minimum absolute atomic E-state index is 0.647. The molecule has 0 aliphatic carbocycles. The summed E-state index contributed by atoms with van der Waals surface area (Å²) in [6, 6.07) is 8.01. The van der Waals surface area contributed by atoms with E-state index >= 15 is 0 Å². The maximum absolute atomic E-state index is 10.0. The van der Waals surface area contributed by atoms with Crippen LogP contribution < -0.4 is 5.46 Å². The second-order valence-electron chi connectivity index (χ2n) is 5.59. The third-order valence-corrected chi connectivity index (χ3v) is 3.58. The molecule has 0 spiro atoms. The summed E-state index contributed by atoms with van der Waals surface area (Å²) in [6.07, 6.45) is 1.91. The lowest BCUT2D eigenvalue weighted by atomic mass is 9.81. The third kappa shape index (κ3) is 2.45. The molecule has 0 amide bonds. The molecule has 95 valence electrons. The third-order valence-electron chi connectivity index (χ3n) is 3.58. The average molecular weight is 244 g/mol. The maximum atomic E-state index is 10.0. The van der Waals surface area contributed by atoms with E-state index in [4.69, 9.17) is 4.65 Å². The van der Waals surface area contributed by atoms with Crippen molar-refractivity contribution in [1.29, 1.82) is 0 Å². The molecule has 3 nitrogen and oxygen atoms in total. The fraction of sp³-hybridized carbons (Fsp3) is 0.429. The minimum atomic E-state index is -0.907. The maximum Gasteiger partial charge on any atom is 0.331 e. The Morgan fingerprint density at radius 2 is 1.89 bits per heavy atom. The van der Waals surface area contributed by atoms with Gasteiger partial charge in [-0.15, -0.1) is 0 Å². The van der Waals surface area contributed by atoms with E-state index in [-0.39, 0.29) is 0 Å². The molecule has 2 aromatic rings. The zero-order valence-corrected chi connectivity index (χ0v) is 11.3. The van der Waals surface area contributed by atoms with E-state index < -0.39 is 11.2 Å². The number of hydrogen-bond donors (Lipinski definition) is 2. The van der Waals surface area contributed by atoms with E-state index in [1.807, 2.05) is 44.3 Å². The van der Waals surface area contributed by atoms with Crippen molar-refractivity contribution in [2.45, 2.75) is 38.9 Å². The largest absolute Gasteiger partial charge is 0.427 e. The molecule has 1 aromatic carbocycles. The molecule has 0 bridgehead atoms. The first kappa shape index (κ1) is 13.2. The molecule has 0 unspecified atom stereocenters. The summed E-state index contributed by atoms with van der Waals surface area (Å²) in [4.78, 5) is 3.16. The van der Waals surface area contributed by atoms with Gasteiger partial charge in [0.2, 0.25) is 0 Å². The van der Waals surface area contributed by atoms with Crippen LogP contribution >= 0.6 is 0 Å². The first-order valence-electron chi connectivity index (χ1n) is 6.11. The molecule has 1 radical (unpaired) electrons. The Hall–Kier alpha value is -1.26. The zero-order valence-electron chi connectivity index (χ0n) is 11.3. The zero-order chi connectivity index (χ0) is 13.4. The van der Waals surface area contributed by atoms with Crippen molar-refractivity contribution in [3.8, 4) is 0 Å². The van der Waals surface area contributed by atoms with Crippen molar-refractivity contribution in [2.75, 3.05) is 0 Å². The minimum Gasteiger partial charge on any atom is -0.427 e. The van der Waals surface area contributed by atoms with Gasteiger partial charge in [-0.05, 0) is 50.7 Å². The molecular formula is C14H19BNO2. The van der Waals surface area contributed by atoms with Gasteiger partial charge in [-0.25, -0.2) is 0 Å². The van der Waals surface area contributed by atoms with Gasteiger partial charge in [0.15, 0.2) is 0 Å². The van der Waals surface area contributed by atoms with Gasteiger partial charge in [-0.1, -0.05) is 12.1 Å². The lowest BCUT2D eigenvalue weighted by molar-refractivity contribution is -0.0893. The molecule has 0 atom stereocenters. The molecule has 4 heteroatoms. The first-order valence-corrected chi connectivity index (χ1v) is 6.11. The lowest BCUT2D eigenvalue weighted by Crippen LogP contribution is -2.49. The SMILES string of the molecule is CC(C)(O)C(C)(C)O[B]c1cccc2[nH]ccc12. The number of nitrogens with one attached hydrogen (secondary N) is 1. The van der Waals surface area contributed by atoms with Crippen LogP contribution in [0.15, 0.2) is 30.5 Å². The smallest absolute Gasteiger partial charge is 0.331 e. The Balaban J connectivity index is 2.18. The Morgan fingerprint density at radius 3 is 2.56 bits per heavy atom. The van der Waals surface area contributed by atoms with Crippen molar-refractivity contribution in [3.63, 3.8) is 0 Å². The van der Waals surface area contributed by atoms with E-state index in [9.17, 15) is 5.11 Å². The highest BCUT2D eigenvalue weighted by Crippen LogP contribution is 2.24. The molecule has 2 N–H and O–H groups in total. The predicted molar refractivity (Wildman–Crippen MR) is 75.1 cm³/mol. The number of aromatic amines is 1. The normalized spacial score (nSPS) is 12.9. The fourth-order valence-electron chi connectivity index (χ4n) is 1.57. The topological polar surface area (TPSA) is 45.2 Å². The van der Waals surface area contributed by atoms with E-state index in [0.717, 1.165) is 16.4 Å². The quantitative estimate of drug-likeness (QED) is 0.808. The molecular weight excluding hydrogens is 225 g/mol. The predicted octanol–water partition coefficient (Wildman–Crippen LogP) is 1.98. The number of aliphatic hydroxyl groups is 1. The van der Waals surface area contributed by atoms with Gasteiger partial charge in [-0.2, -0.15) is 0 Å². The van der Waals surface area contributed by atoms with Crippen LogP contribution in [0.25, 0.3) is 10.9 Å². The van der Waals surface area contributed by atoms with Crippen molar-refractivity contribution in [3.05, 3.63) is 30.5 Å². The van der Waals surface area contributed by atoms with Crippen molar-refractivity contribution >= 4 is 23.8 Å². The van der Waals surface area contributed by atoms with E-state index in [0.29, 0.717) is 0 Å². The summed E-state index contributed by atoms with van der Waals surface area (Å²) in [6.45, 7) is 7.25. The molecule has 0 fully saturated rings.